The highest BCUT2D eigenvalue weighted by atomic mass is 32.1. The van der Waals surface area contributed by atoms with Gasteiger partial charge in [0.15, 0.2) is 10.6 Å². The maximum atomic E-state index is 5.13. The molecule has 86 valence electrons. The third-order valence-electron chi connectivity index (χ3n) is 2.12. The van der Waals surface area contributed by atoms with Gasteiger partial charge in [-0.2, -0.15) is 5.10 Å². The first-order valence-electron chi connectivity index (χ1n) is 4.85. The summed E-state index contributed by atoms with van der Waals surface area (Å²) in [7, 11) is 1.66. The topological polar surface area (TPSA) is 55.7 Å². The van der Waals surface area contributed by atoms with Crippen LogP contribution < -0.4 is 0 Å². The van der Waals surface area contributed by atoms with Gasteiger partial charge in [0.2, 0.25) is 0 Å². The first-order valence-corrected chi connectivity index (χ1v) is 6.08. The lowest BCUT2D eigenvalue weighted by molar-refractivity contribution is 0.184. The van der Waals surface area contributed by atoms with Gasteiger partial charge >= 0.3 is 0 Å². The lowest BCUT2D eigenvalue weighted by atomic mass is 10.5. The average Bonchev–Trinajstić information content (AvgIpc) is 2.85. The third kappa shape index (κ3) is 2.06. The van der Waals surface area contributed by atoms with Crippen molar-refractivity contribution < 1.29 is 4.74 Å². The molecule has 2 heterocycles. The summed E-state index contributed by atoms with van der Waals surface area (Å²) in [6, 6.07) is 0. The SMILES string of the molecule is CCn1c(-c2cnc(COC)s2)n[nH]c1=S. The highest BCUT2D eigenvalue weighted by molar-refractivity contribution is 7.71. The maximum Gasteiger partial charge on any atom is 0.195 e. The van der Waals surface area contributed by atoms with Crippen molar-refractivity contribution in [3.8, 4) is 10.7 Å². The molecule has 0 aliphatic rings. The molecule has 0 fully saturated rings. The van der Waals surface area contributed by atoms with Crippen molar-refractivity contribution in [3.63, 3.8) is 0 Å². The zero-order valence-corrected chi connectivity index (χ0v) is 10.7. The van der Waals surface area contributed by atoms with Crippen molar-refractivity contribution in [1.29, 1.82) is 0 Å². The first-order chi connectivity index (χ1) is 7.76. The van der Waals surface area contributed by atoms with Gasteiger partial charge in [0.1, 0.15) is 5.01 Å². The number of hydrogen-bond acceptors (Lipinski definition) is 5. The van der Waals surface area contributed by atoms with Crippen molar-refractivity contribution >= 4 is 23.6 Å². The van der Waals surface area contributed by atoms with E-state index in [9.17, 15) is 0 Å². The minimum absolute atomic E-state index is 0.530. The molecule has 0 radical (unpaired) electrons. The zero-order chi connectivity index (χ0) is 11.5. The van der Waals surface area contributed by atoms with Crippen LogP contribution in [0.15, 0.2) is 6.20 Å². The van der Waals surface area contributed by atoms with E-state index < -0.39 is 0 Å². The van der Waals surface area contributed by atoms with Crippen molar-refractivity contribution in [3.05, 3.63) is 16.0 Å². The highest BCUT2D eigenvalue weighted by Gasteiger charge is 2.11. The number of aromatic nitrogens is 4. The molecule has 0 atom stereocenters. The molecule has 0 aromatic carbocycles. The summed E-state index contributed by atoms with van der Waals surface area (Å²) in [5, 5.41) is 7.94. The van der Waals surface area contributed by atoms with E-state index in [4.69, 9.17) is 17.0 Å². The Kier molecular flexibility index (Phi) is 3.47. The van der Waals surface area contributed by atoms with Crippen molar-refractivity contribution in [2.75, 3.05) is 7.11 Å². The van der Waals surface area contributed by atoms with Crippen LogP contribution in [0.3, 0.4) is 0 Å². The van der Waals surface area contributed by atoms with Crippen molar-refractivity contribution in [2.24, 2.45) is 0 Å². The van der Waals surface area contributed by atoms with Crippen LogP contribution in [0.2, 0.25) is 0 Å². The van der Waals surface area contributed by atoms with E-state index in [2.05, 4.69) is 15.2 Å². The monoisotopic (exact) mass is 256 g/mol. The Balaban J connectivity index is 2.38. The molecule has 0 saturated carbocycles. The minimum atomic E-state index is 0.530. The molecule has 0 aliphatic heterocycles. The van der Waals surface area contributed by atoms with Crippen molar-refractivity contribution in [2.45, 2.75) is 20.1 Å². The molecule has 0 unspecified atom stereocenters. The summed E-state index contributed by atoms with van der Waals surface area (Å²) in [4.78, 5) is 5.26. The normalized spacial score (nSPS) is 10.9. The van der Waals surface area contributed by atoms with Gasteiger partial charge in [-0.05, 0) is 19.1 Å². The molecule has 16 heavy (non-hydrogen) atoms. The van der Waals surface area contributed by atoms with Gasteiger partial charge < -0.3 is 4.74 Å². The Bertz CT molecular complexity index is 528. The second kappa shape index (κ2) is 4.86. The molecule has 1 N–H and O–H groups in total. The molecule has 7 heteroatoms. The summed E-state index contributed by atoms with van der Waals surface area (Å²) >= 11 is 6.70. The number of nitrogens with one attached hydrogen (secondary N) is 1. The van der Waals surface area contributed by atoms with Crippen LogP contribution in [0.25, 0.3) is 10.7 Å². The molecule has 5 nitrogen and oxygen atoms in total. The van der Waals surface area contributed by atoms with Gasteiger partial charge in [0.05, 0.1) is 11.5 Å². The lowest BCUT2D eigenvalue weighted by Gasteiger charge is -1.98. The zero-order valence-electron chi connectivity index (χ0n) is 9.06. The molecular weight excluding hydrogens is 244 g/mol. The van der Waals surface area contributed by atoms with Crippen LogP contribution in [-0.2, 0) is 17.9 Å². The summed E-state index contributed by atoms with van der Waals surface area (Å²) in [6.45, 7) is 3.36. The molecule has 0 bridgehead atoms. The summed E-state index contributed by atoms with van der Waals surface area (Å²) < 4.78 is 7.61. The van der Waals surface area contributed by atoms with E-state index in [-0.39, 0.29) is 0 Å². The van der Waals surface area contributed by atoms with E-state index in [1.807, 2.05) is 11.5 Å². The molecule has 0 saturated heterocycles. The predicted octanol–water partition coefficient (Wildman–Crippen LogP) is 2.23. The molecule has 0 aliphatic carbocycles. The Labute approximate surface area is 102 Å². The van der Waals surface area contributed by atoms with E-state index in [0.29, 0.717) is 11.4 Å². The minimum Gasteiger partial charge on any atom is -0.378 e. The van der Waals surface area contributed by atoms with Gasteiger partial charge in [-0.15, -0.1) is 11.3 Å². The standard InChI is InChI=1S/C9H12N4OS2/c1-3-13-8(11-12-9(13)15)6-4-10-7(16-6)5-14-2/h4H,3,5H2,1-2H3,(H,12,15). The summed E-state index contributed by atoms with van der Waals surface area (Å²) in [5.41, 5.74) is 0. The number of H-pyrrole nitrogens is 1. The fourth-order valence-electron chi connectivity index (χ4n) is 1.40. The Morgan fingerprint density at radius 2 is 2.44 bits per heavy atom. The van der Waals surface area contributed by atoms with E-state index in [1.54, 1.807) is 24.6 Å². The first kappa shape index (κ1) is 11.4. The van der Waals surface area contributed by atoms with Gasteiger partial charge in [-0.3, -0.25) is 9.67 Å². The molecular formula is C9H12N4OS2. The Morgan fingerprint density at radius 3 is 3.12 bits per heavy atom. The van der Waals surface area contributed by atoms with E-state index >= 15 is 0 Å². The predicted molar refractivity (Wildman–Crippen MR) is 64.9 cm³/mol. The van der Waals surface area contributed by atoms with Crippen LogP contribution in [0.1, 0.15) is 11.9 Å². The van der Waals surface area contributed by atoms with Gasteiger partial charge in [0, 0.05) is 19.9 Å². The maximum absolute atomic E-state index is 5.13. The molecule has 0 spiro atoms. The van der Waals surface area contributed by atoms with Crippen LogP contribution in [-0.4, -0.2) is 26.9 Å². The molecule has 2 rings (SSSR count). The summed E-state index contributed by atoms with van der Waals surface area (Å²) in [6.07, 6.45) is 1.80. The number of methoxy groups -OCH3 is 1. The Hall–Kier alpha value is -1.05. The van der Waals surface area contributed by atoms with E-state index in [1.165, 1.54) is 0 Å². The van der Waals surface area contributed by atoms with Gasteiger partial charge in [0.25, 0.3) is 0 Å². The largest absolute Gasteiger partial charge is 0.378 e. The van der Waals surface area contributed by atoms with Crippen LogP contribution >= 0.6 is 23.6 Å². The fraction of sp³-hybridized carbons (Fsp3) is 0.444. The fourth-order valence-corrected chi connectivity index (χ4v) is 2.55. The summed E-state index contributed by atoms with van der Waals surface area (Å²) in [5.74, 6) is 0.840. The number of ether oxygens (including phenoxy) is 1. The number of aromatic amines is 1. The molecule has 2 aromatic heterocycles. The number of thiazole rings is 1. The van der Waals surface area contributed by atoms with Crippen LogP contribution in [0, 0.1) is 4.77 Å². The van der Waals surface area contributed by atoms with Crippen LogP contribution in [0.5, 0.6) is 0 Å². The number of rotatable bonds is 4. The lowest BCUT2D eigenvalue weighted by Crippen LogP contribution is -1.96. The highest BCUT2D eigenvalue weighted by Crippen LogP contribution is 2.24. The van der Waals surface area contributed by atoms with Crippen LogP contribution in [0.4, 0.5) is 0 Å². The second-order valence-corrected chi connectivity index (χ2v) is 4.65. The molecule has 0 amide bonds. The third-order valence-corrected chi connectivity index (χ3v) is 3.39. The average molecular weight is 256 g/mol. The van der Waals surface area contributed by atoms with Gasteiger partial charge in [-0.25, -0.2) is 4.98 Å². The Morgan fingerprint density at radius 1 is 1.62 bits per heavy atom. The van der Waals surface area contributed by atoms with Crippen molar-refractivity contribution in [1.82, 2.24) is 19.7 Å². The molecule has 2 aromatic rings. The smallest absolute Gasteiger partial charge is 0.195 e. The number of hydrogen-bond donors (Lipinski definition) is 1. The second-order valence-electron chi connectivity index (χ2n) is 3.15. The van der Waals surface area contributed by atoms with Gasteiger partial charge in [-0.1, -0.05) is 0 Å². The quantitative estimate of drug-likeness (QED) is 0.852. The number of nitrogens with zero attached hydrogens (tertiary/aromatic N) is 3. The van der Waals surface area contributed by atoms with E-state index in [0.717, 1.165) is 22.3 Å².